The molecule has 3 heteroatoms. The number of thioether (sulfide) groups is 1. The second-order valence-corrected chi connectivity index (χ2v) is 5.96. The normalized spacial score (nSPS) is 19.7. The van der Waals surface area contributed by atoms with Crippen molar-refractivity contribution in [2.24, 2.45) is 5.73 Å². The van der Waals surface area contributed by atoms with E-state index in [1.54, 1.807) is 0 Å². The molecule has 2 nitrogen and oxygen atoms in total. The molecule has 0 bridgehead atoms. The van der Waals surface area contributed by atoms with E-state index < -0.39 is 0 Å². The molecule has 1 saturated heterocycles. The summed E-state index contributed by atoms with van der Waals surface area (Å²) >= 11 is 2.01. The summed E-state index contributed by atoms with van der Waals surface area (Å²) in [6, 6.07) is 8.46. The van der Waals surface area contributed by atoms with Gasteiger partial charge in [-0.15, -0.1) is 0 Å². The van der Waals surface area contributed by atoms with Crippen molar-refractivity contribution in [1.29, 1.82) is 0 Å². The number of aryl methyl sites for hydroxylation is 1. The molecular formula is C15H23NOS. The lowest BCUT2D eigenvalue weighted by Crippen LogP contribution is -2.23. The van der Waals surface area contributed by atoms with Crippen molar-refractivity contribution in [1.82, 2.24) is 0 Å². The lowest BCUT2D eigenvalue weighted by atomic mass is 10.1. The van der Waals surface area contributed by atoms with Crippen LogP contribution < -0.4 is 10.5 Å². The van der Waals surface area contributed by atoms with Crippen molar-refractivity contribution in [3.05, 3.63) is 29.8 Å². The molecule has 0 radical (unpaired) electrons. The van der Waals surface area contributed by atoms with Crippen LogP contribution in [0.25, 0.3) is 0 Å². The van der Waals surface area contributed by atoms with Gasteiger partial charge in [-0.1, -0.05) is 18.2 Å². The van der Waals surface area contributed by atoms with E-state index in [1.165, 1.54) is 24.2 Å². The second kappa shape index (κ2) is 7.70. The van der Waals surface area contributed by atoms with Crippen LogP contribution in [0.1, 0.15) is 31.2 Å². The molecule has 1 heterocycles. The van der Waals surface area contributed by atoms with Crippen molar-refractivity contribution in [3.8, 4) is 5.75 Å². The molecule has 1 aromatic carbocycles. The minimum atomic E-state index is 0.402. The molecular weight excluding hydrogens is 242 g/mol. The lowest BCUT2D eigenvalue weighted by molar-refractivity contribution is 0.209. The third-order valence-electron chi connectivity index (χ3n) is 3.29. The zero-order valence-corrected chi connectivity index (χ0v) is 11.8. The SMILES string of the molecule is NCCCCc1ccccc1OC1CCCSC1. The maximum atomic E-state index is 6.17. The summed E-state index contributed by atoms with van der Waals surface area (Å²) in [5.74, 6) is 3.51. The summed E-state index contributed by atoms with van der Waals surface area (Å²) in [6.07, 6.45) is 6.20. The van der Waals surface area contributed by atoms with Crippen LogP contribution in [-0.4, -0.2) is 24.2 Å². The molecule has 0 amide bonds. The van der Waals surface area contributed by atoms with Crippen molar-refractivity contribution in [2.45, 2.75) is 38.2 Å². The third kappa shape index (κ3) is 4.21. The average molecular weight is 265 g/mol. The maximum Gasteiger partial charge on any atom is 0.122 e. The Balaban J connectivity index is 1.93. The van der Waals surface area contributed by atoms with E-state index in [0.29, 0.717) is 6.10 Å². The topological polar surface area (TPSA) is 35.2 Å². The Morgan fingerprint density at radius 3 is 2.94 bits per heavy atom. The van der Waals surface area contributed by atoms with Gasteiger partial charge in [0.15, 0.2) is 0 Å². The highest BCUT2D eigenvalue weighted by Crippen LogP contribution is 2.26. The average Bonchev–Trinajstić information content (AvgIpc) is 2.42. The van der Waals surface area contributed by atoms with Gasteiger partial charge in [0.1, 0.15) is 11.9 Å². The van der Waals surface area contributed by atoms with Crippen molar-refractivity contribution >= 4 is 11.8 Å². The molecule has 1 aliphatic heterocycles. The molecule has 1 aliphatic rings. The standard InChI is InChI=1S/C15H23NOS/c16-10-4-3-7-13-6-1-2-9-15(13)17-14-8-5-11-18-12-14/h1-2,6,9,14H,3-5,7-8,10-12,16H2. The Bertz CT molecular complexity index is 350. The van der Waals surface area contributed by atoms with Gasteiger partial charge < -0.3 is 10.5 Å². The van der Waals surface area contributed by atoms with Gasteiger partial charge in [0.05, 0.1) is 0 Å². The molecule has 2 N–H and O–H groups in total. The van der Waals surface area contributed by atoms with Gasteiger partial charge in [-0.3, -0.25) is 0 Å². The van der Waals surface area contributed by atoms with Crippen LogP contribution in [-0.2, 0) is 6.42 Å². The fourth-order valence-electron chi connectivity index (χ4n) is 2.27. The highest BCUT2D eigenvalue weighted by atomic mass is 32.2. The maximum absolute atomic E-state index is 6.17. The summed E-state index contributed by atoms with van der Waals surface area (Å²) in [6.45, 7) is 0.780. The molecule has 100 valence electrons. The number of benzene rings is 1. The minimum absolute atomic E-state index is 0.402. The van der Waals surface area contributed by atoms with Crippen molar-refractivity contribution in [2.75, 3.05) is 18.1 Å². The number of hydrogen-bond donors (Lipinski definition) is 1. The van der Waals surface area contributed by atoms with Gasteiger partial charge in [0.25, 0.3) is 0 Å². The van der Waals surface area contributed by atoms with Crippen LogP contribution in [0.4, 0.5) is 0 Å². The molecule has 0 spiro atoms. The largest absolute Gasteiger partial charge is 0.489 e. The molecule has 1 aromatic rings. The Morgan fingerprint density at radius 2 is 2.17 bits per heavy atom. The summed E-state index contributed by atoms with van der Waals surface area (Å²) in [4.78, 5) is 0. The quantitative estimate of drug-likeness (QED) is 0.802. The molecule has 1 unspecified atom stereocenters. The third-order valence-corrected chi connectivity index (χ3v) is 4.47. The first kappa shape index (κ1) is 13.8. The Labute approximate surface area is 114 Å². The highest BCUT2D eigenvalue weighted by Gasteiger charge is 2.16. The van der Waals surface area contributed by atoms with Gasteiger partial charge in [0.2, 0.25) is 0 Å². The summed E-state index contributed by atoms with van der Waals surface area (Å²) < 4.78 is 6.17. The monoisotopic (exact) mass is 265 g/mol. The number of nitrogens with two attached hydrogens (primary N) is 1. The first-order valence-corrected chi connectivity index (χ1v) is 8.08. The van der Waals surface area contributed by atoms with Crippen LogP contribution in [0, 0.1) is 0 Å². The Hall–Kier alpha value is -0.670. The summed E-state index contributed by atoms with van der Waals surface area (Å²) in [5, 5.41) is 0. The van der Waals surface area contributed by atoms with Crippen LogP contribution in [0.2, 0.25) is 0 Å². The van der Waals surface area contributed by atoms with E-state index in [4.69, 9.17) is 10.5 Å². The predicted molar refractivity (Wildman–Crippen MR) is 79.4 cm³/mol. The van der Waals surface area contributed by atoms with Crippen molar-refractivity contribution < 1.29 is 4.74 Å². The van der Waals surface area contributed by atoms with Crippen molar-refractivity contribution in [3.63, 3.8) is 0 Å². The fraction of sp³-hybridized carbons (Fsp3) is 0.600. The van der Waals surface area contributed by atoms with E-state index in [0.717, 1.165) is 37.3 Å². The van der Waals surface area contributed by atoms with Gasteiger partial charge in [-0.05, 0) is 56.0 Å². The molecule has 0 aliphatic carbocycles. The molecule has 1 fully saturated rings. The lowest BCUT2D eigenvalue weighted by Gasteiger charge is -2.24. The molecule has 0 aromatic heterocycles. The number of para-hydroxylation sites is 1. The minimum Gasteiger partial charge on any atom is -0.489 e. The van der Waals surface area contributed by atoms with E-state index in [-0.39, 0.29) is 0 Å². The van der Waals surface area contributed by atoms with Gasteiger partial charge in [-0.25, -0.2) is 0 Å². The number of unbranched alkanes of at least 4 members (excludes halogenated alkanes) is 1. The Kier molecular flexibility index (Phi) is 5.88. The van der Waals surface area contributed by atoms with Crippen LogP contribution in [0.5, 0.6) is 5.75 Å². The van der Waals surface area contributed by atoms with E-state index >= 15 is 0 Å². The zero-order chi connectivity index (χ0) is 12.6. The van der Waals surface area contributed by atoms with E-state index in [1.807, 2.05) is 11.8 Å². The predicted octanol–water partition coefficient (Wildman–Crippen LogP) is 3.24. The summed E-state index contributed by atoms with van der Waals surface area (Å²) in [7, 11) is 0. The van der Waals surface area contributed by atoms with Gasteiger partial charge >= 0.3 is 0 Å². The fourth-order valence-corrected chi connectivity index (χ4v) is 3.30. The van der Waals surface area contributed by atoms with Crippen LogP contribution in [0.3, 0.4) is 0 Å². The highest BCUT2D eigenvalue weighted by molar-refractivity contribution is 7.99. The van der Waals surface area contributed by atoms with E-state index in [2.05, 4.69) is 24.3 Å². The zero-order valence-electron chi connectivity index (χ0n) is 10.9. The van der Waals surface area contributed by atoms with Crippen LogP contribution in [0.15, 0.2) is 24.3 Å². The second-order valence-electron chi connectivity index (χ2n) is 4.81. The van der Waals surface area contributed by atoms with Gasteiger partial charge in [-0.2, -0.15) is 11.8 Å². The molecule has 2 rings (SSSR count). The summed E-state index contributed by atoms with van der Waals surface area (Å²) in [5.41, 5.74) is 6.88. The number of hydrogen-bond acceptors (Lipinski definition) is 3. The first-order chi connectivity index (χ1) is 8.90. The smallest absolute Gasteiger partial charge is 0.122 e. The molecule has 0 saturated carbocycles. The number of rotatable bonds is 6. The van der Waals surface area contributed by atoms with Crippen LogP contribution >= 0.6 is 11.8 Å². The number of ether oxygens (including phenoxy) is 1. The molecule has 18 heavy (non-hydrogen) atoms. The first-order valence-electron chi connectivity index (χ1n) is 6.92. The molecule has 1 atom stereocenters. The van der Waals surface area contributed by atoms with Gasteiger partial charge in [0, 0.05) is 5.75 Å². The Morgan fingerprint density at radius 1 is 1.28 bits per heavy atom. The van der Waals surface area contributed by atoms with E-state index in [9.17, 15) is 0 Å².